The highest BCUT2D eigenvalue weighted by Crippen LogP contribution is 2.25. The number of halogens is 1. The number of nitrogens with zero attached hydrogens (tertiary/aromatic N) is 2. The SMILES string of the molecule is O=C(CCl)NCc1ccc(N2CCN3CCCC3C2)cc1. The van der Waals surface area contributed by atoms with Gasteiger partial charge in [-0.25, -0.2) is 0 Å². The van der Waals surface area contributed by atoms with E-state index in [1.54, 1.807) is 0 Å². The summed E-state index contributed by atoms with van der Waals surface area (Å²) in [5.74, 6) is -0.109. The molecule has 1 N–H and O–H groups in total. The first-order valence-electron chi connectivity index (χ1n) is 7.67. The maximum absolute atomic E-state index is 11.1. The van der Waals surface area contributed by atoms with Gasteiger partial charge in [0.1, 0.15) is 5.88 Å². The average molecular weight is 308 g/mol. The molecule has 0 radical (unpaired) electrons. The summed E-state index contributed by atoms with van der Waals surface area (Å²) in [6.07, 6.45) is 2.68. The van der Waals surface area contributed by atoms with E-state index in [4.69, 9.17) is 11.6 Å². The summed E-state index contributed by atoms with van der Waals surface area (Å²) in [6.45, 7) is 5.25. The first-order valence-corrected chi connectivity index (χ1v) is 8.20. The molecule has 2 saturated heterocycles. The Morgan fingerprint density at radius 3 is 2.81 bits per heavy atom. The van der Waals surface area contributed by atoms with Crippen LogP contribution in [0.15, 0.2) is 24.3 Å². The number of nitrogens with one attached hydrogen (secondary N) is 1. The summed E-state index contributed by atoms with van der Waals surface area (Å²) in [6, 6.07) is 9.23. The van der Waals surface area contributed by atoms with Crippen LogP contribution in [0.4, 0.5) is 5.69 Å². The van der Waals surface area contributed by atoms with Crippen LogP contribution in [-0.2, 0) is 11.3 Å². The van der Waals surface area contributed by atoms with Crippen LogP contribution in [-0.4, -0.2) is 48.9 Å². The predicted molar refractivity (Wildman–Crippen MR) is 85.8 cm³/mol. The van der Waals surface area contributed by atoms with Crippen LogP contribution in [0, 0.1) is 0 Å². The summed E-state index contributed by atoms with van der Waals surface area (Å²) in [7, 11) is 0. The average Bonchev–Trinajstić information content (AvgIpc) is 3.00. The molecule has 2 aliphatic heterocycles. The highest BCUT2D eigenvalue weighted by Gasteiger charge is 2.30. The number of piperazine rings is 1. The number of anilines is 1. The number of amides is 1. The van der Waals surface area contributed by atoms with E-state index in [9.17, 15) is 4.79 Å². The van der Waals surface area contributed by atoms with Gasteiger partial charge in [-0.2, -0.15) is 0 Å². The molecule has 0 bridgehead atoms. The fraction of sp³-hybridized carbons (Fsp3) is 0.562. The molecule has 0 saturated carbocycles. The Balaban J connectivity index is 1.57. The van der Waals surface area contributed by atoms with Crippen LogP contribution in [0.5, 0.6) is 0 Å². The highest BCUT2D eigenvalue weighted by atomic mass is 35.5. The van der Waals surface area contributed by atoms with Gasteiger partial charge in [0.25, 0.3) is 0 Å². The Morgan fingerprint density at radius 2 is 2.05 bits per heavy atom. The zero-order chi connectivity index (χ0) is 14.7. The molecular weight excluding hydrogens is 286 g/mol. The monoisotopic (exact) mass is 307 g/mol. The van der Waals surface area contributed by atoms with E-state index >= 15 is 0 Å². The molecule has 5 heteroatoms. The third-order valence-corrected chi connectivity index (χ3v) is 4.74. The molecule has 1 amide bonds. The lowest BCUT2D eigenvalue weighted by Gasteiger charge is -2.38. The molecule has 1 aromatic rings. The molecule has 2 fully saturated rings. The number of hydrogen-bond acceptors (Lipinski definition) is 3. The van der Waals surface area contributed by atoms with Gasteiger partial charge in [-0.1, -0.05) is 12.1 Å². The van der Waals surface area contributed by atoms with Gasteiger partial charge in [0.05, 0.1) is 0 Å². The van der Waals surface area contributed by atoms with Crippen molar-refractivity contribution < 1.29 is 4.79 Å². The maximum atomic E-state index is 11.1. The van der Waals surface area contributed by atoms with Crippen molar-refractivity contribution in [2.24, 2.45) is 0 Å². The Bertz CT molecular complexity index is 491. The molecule has 1 unspecified atom stereocenters. The summed E-state index contributed by atoms with van der Waals surface area (Å²) >= 11 is 5.47. The fourth-order valence-electron chi connectivity index (χ4n) is 3.30. The summed E-state index contributed by atoms with van der Waals surface area (Å²) < 4.78 is 0. The lowest BCUT2D eigenvalue weighted by atomic mass is 10.1. The van der Waals surface area contributed by atoms with Crippen LogP contribution >= 0.6 is 11.6 Å². The number of rotatable bonds is 4. The van der Waals surface area contributed by atoms with Crippen LogP contribution in [0.2, 0.25) is 0 Å². The number of carbonyl (C=O) groups excluding carboxylic acids is 1. The second-order valence-corrected chi connectivity index (χ2v) is 6.12. The van der Waals surface area contributed by atoms with Gasteiger partial charge in [-0.15, -0.1) is 11.6 Å². The van der Waals surface area contributed by atoms with E-state index in [0.717, 1.165) is 24.7 Å². The Kier molecular flexibility index (Phi) is 4.66. The summed E-state index contributed by atoms with van der Waals surface area (Å²) in [5.41, 5.74) is 2.39. The van der Waals surface area contributed by atoms with Crippen LogP contribution in [0.3, 0.4) is 0 Å². The minimum Gasteiger partial charge on any atom is -0.369 e. The standard InChI is InChI=1S/C16H22ClN3O/c17-10-16(21)18-11-13-3-5-14(6-4-13)20-9-8-19-7-1-2-15(19)12-20/h3-6,15H,1-2,7-12H2,(H,18,21). The highest BCUT2D eigenvalue weighted by molar-refractivity contribution is 6.27. The molecular formula is C16H22ClN3O. The Morgan fingerprint density at radius 1 is 1.24 bits per heavy atom. The van der Waals surface area contributed by atoms with Crippen LogP contribution < -0.4 is 10.2 Å². The minimum absolute atomic E-state index is 0.0176. The van der Waals surface area contributed by atoms with Crippen molar-refractivity contribution in [1.29, 1.82) is 0 Å². The lowest BCUT2D eigenvalue weighted by Crippen LogP contribution is -2.50. The molecule has 2 heterocycles. The molecule has 114 valence electrons. The van der Waals surface area contributed by atoms with Gasteiger partial charge < -0.3 is 10.2 Å². The molecule has 0 aromatic heterocycles. The van der Waals surface area contributed by atoms with Gasteiger partial charge in [0, 0.05) is 37.9 Å². The summed E-state index contributed by atoms with van der Waals surface area (Å²) in [4.78, 5) is 16.2. The molecule has 4 nitrogen and oxygen atoms in total. The van der Waals surface area contributed by atoms with E-state index in [1.807, 2.05) is 0 Å². The van der Waals surface area contributed by atoms with Gasteiger partial charge in [-0.3, -0.25) is 9.69 Å². The molecule has 0 spiro atoms. The second-order valence-electron chi connectivity index (χ2n) is 5.85. The molecule has 21 heavy (non-hydrogen) atoms. The second kappa shape index (κ2) is 6.67. The van der Waals surface area contributed by atoms with E-state index in [0.29, 0.717) is 6.54 Å². The van der Waals surface area contributed by atoms with Crippen molar-refractivity contribution >= 4 is 23.2 Å². The van der Waals surface area contributed by atoms with E-state index < -0.39 is 0 Å². The molecule has 3 rings (SSSR count). The van der Waals surface area contributed by atoms with Gasteiger partial charge >= 0.3 is 0 Å². The third-order valence-electron chi connectivity index (χ3n) is 4.50. The molecule has 0 aliphatic carbocycles. The first-order chi connectivity index (χ1) is 10.3. The number of fused-ring (bicyclic) bond motifs is 1. The number of hydrogen-bond donors (Lipinski definition) is 1. The van der Waals surface area contributed by atoms with Gasteiger partial charge in [0.2, 0.25) is 5.91 Å². The zero-order valence-electron chi connectivity index (χ0n) is 12.2. The lowest BCUT2D eigenvalue weighted by molar-refractivity contribution is -0.118. The van der Waals surface area contributed by atoms with Gasteiger partial charge in [0.15, 0.2) is 0 Å². The topological polar surface area (TPSA) is 35.6 Å². The molecule has 1 atom stereocenters. The number of carbonyl (C=O) groups is 1. The van der Waals surface area contributed by atoms with Crippen molar-refractivity contribution in [3.63, 3.8) is 0 Å². The zero-order valence-corrected chi connectivity index (χ0v) is 13.0. The smallest absolute Gasteiger partial charge is 0.235 e. The molecule has 2 aliphatic rings. The van der Waals surface area contributed by atoms with Crippen molar-refractivity contribution in [2.75, 3.05) is 37.0 Å². The van der Waals surface area contributed by atoms with E-state index in [-0.39, 0.29) is 11.8 Å². The Labute approximate surface area is 131 Å². The Hall–Kier alpha value is -1.26. The van der Waals surface area contributed by atoms with E-state index in [2.05, 4.69) is 39.4 Å². The number of benzene rings is 1. The fourth-order valence-corrected chi connectivity index (χ4v) is 3.39. The predicted octanol–water partition coefficient (Wildman–Crippen LogP) is 1.83. The number of alkyl halides is 1. The van der Waals surface area contributed by atoms with Crippen LogP contribution in [0.1, 0.15) is 18.4 Å². The quantitative estimate of drug-likeness (QED) is 0.862. The van der Waals surface area contributed by atoms with E-state index in [1.165, 1.54) is 31.6 Å². The third kappa shape index (κ3) is 3.50. The first kappa shape index (κ1) is 14.7. The van der Waals surface area contributed by atoms with Crippen molar-refractivity contribution in [3.8, 4) is 0 Å². The van der Waals surface area contributed by atoms with Crippen molar-refractivity contribution in [2.45, 2.75) is 25.4 Å². The minimum atomic E-state index is -0.127. The van der Waals surface area contributed by atoms with Crippen molar-refractivity contribution in [3.05, 3.63) is 29.8 Å². The summed E-state index contributed by atoms with van der Waals surface area (Å²) in [5, 5.41) is 2.79. The largest absolute Gasteiger partial charge is 0.369 e. The van der Waals surface area contributed by atoms with Gasteiger partial charge in [-0.05, 0) is 37.1 Å². The maximum Gasteiger partial charge on any atom is 0.235 e. The normalized spacial score (nSPS) is 22.1. The molecule has 1 aromatic carbocycles. The van der Waals surface area contributed by atoms with Crippen LogP contribution in [0.25, 0.3) is 0 Å². The van der Waals surface area contributed by atoms with Crippen molar-refractivity contribution in [1.82, 2.24) is 10.2 Å².